The first kappa shape index (κ1) is 20.2. The summed E-state index contributed by atoms with van der Waals surface area (Å²) in [5.74, 6) is -0.859. The molecule has 5 nitrogen and oxygen atoms in total. The van der Waals surface area contributed by atoms with Crippen molar-refractivity contribution in [2.24, 2.45) is 0 Å². The van der Waals surface area contributed by atoms with Crippen LogP contribution in [-0.4, -0.2) is 38.6 Å². The number of nitrogens with one attached hydrogen (secondary N) is 1. The van der Waals surface area contributed by atoms with Crippen LogP contribution in [0.4, 0.5) is 18.9 Å². The summed E-state index contributed by atoms with van der Waals surface area (Å²) in [4.78, 5) is 24.5. The van der Waals surface area contributed by atoms with E-state index >= 15 is 0 Å². The molecule has 0 aromatic heterocycles. The molecule has 0 aliphatic carbocycles. The molecule has 0 saturated carbocycles. The third-order valence-electron chi connectivity index (χ3n) is 3.14. The van der Waals surface area contributed by atoms with E-state index in [4.69, 9.17) is 16.3 Å². The highest BCUT2D eigenvalue weighted by atomic mass is 35.5. The molecule has 0 radical (unpaired) electrons. The van der Waals surface area contributed by atoms with Crippen LogP contribution in [0.15, 0.2) is 18.2 Å². The smallest absolute Gasteiger partial charge is 0.383 e. The maximum Gasteiger partial charge on any atom is 0.416 e. The van der Waals surface area contributed by atoms with E-state index in [-0.39, 0.29) is 29.6 Å². The van der Waals surface area contributed by atoms with Crippen molar-refractivity contribution >= 4 is 29.1 Å². The van der Waals surface area contributed by atoms with Gasteiger partial charge in [-0.3, -0.25) is 9.59 Å². The number of ether oxygens (including phenoxy) is 1. The molecule has 9 heteroatoms. The summed E-state index contributed by atoms with van der Waals surface area (Å²) in [7, 11) is 1.49. The lowest BCUT2D eigenvalue weighted by Crippen LogP contribution is -2.35. The molecule has 0 heterocycles. The molecule has 0 saturated heterocycles. The van der Waals surface area contributed by atoms with Crippen LogP contribution in [-0.2, 0) is 20.5 Å². The summed E-state index contributed by atoms with van der Waals surface area (Å²) in [5.41, 5.74) is -0.999. The molecule has 2 amide bonds. The van der Waals surface area contributed by atoms with Crippen LogP contribution in [0.3, 0.4) is 0 Å². The monoisotopic (exact) mass is 366 g/mol. The Balaban J connectivity index is 2.89. The lowest BCUT2D eigenvalue weighted by Gasteiger charge is -2.23. The highest BCUT2D eigenvalue weighted by molar-refractivity contribution is 6.33. The Labute approximate surface area is 142 Å². The topological polar surface area (TPSA) is 58.6 Å². The molecule has 0 bridgehead atoms. The van der Waals surface area contributed by atoms with Crippen LogP contribution >= 0.6 is 11.6 Å². The van der Waals surface area contributed by atoms with Crippen molar-refractivity contribution in [2.45, 2.75) is 19.5 Å². The largest absolute Gasteiger partial charge is 0.416 e. The van der Waals surface area contributed by atoms with Gasteiger partial charge in [0.1, 0.15) is 0 Å². The van der Waals surface area contributed by atoms with Crippen LogP contribution in [0, 0.1) is 0 Å². The van der Waals surface area contributed by atoms with E-state index < -0.39 is 17.6 Å². The van der Waals surface area contributed by atoms with Crippen molar-refractivity contribution in [3.8, 4) is 0 Å². The summed E-state index contributed by atoms with van der Waals surface area (Å²) < 4.78 is 43.3. The van der Waals surface area contributed by atoms with Crippen molar-refractivity contribution in [1.29, 1.82) is 0 Å². The van der Waals surface area contributed by atoms with Gasteiger partial charge in [-0.1, -0.05) is 11.6 Å². The molecule has 1 rings (SSSR count). The number of alkyl halides is 3. The van der Waals surface area contributed by atoms with E-state index in [2.05, 4.69) is 5.32 Å². The molecule has 1 aromatic carbocycles. The van der Waals surface area contributed by atoms with Gasteiger partial charge in [0, 0.05) is 33.5 Å². The zero-order valence-electron chi connectivity index (χ0n) is 13.2. The Morgan fingerprint density at radius 2 is 2.00 bits per heavy atom. The molecule has 0 spiro atoms. The average molecular weight is 367 g/mol. The fraction of sp³-hybridized carbons (Fsp3) is 0.467. The van der Waals surface area contributed by atoms with Crippen LogP contribution in [0.1, 0.15) is 18.9 Å². The van der Waals surface area contributed by atoms with Crippen molar-refractivity contribution in [3.63, 3.8) is 0 Å². The Hall–Kier alpha value is -1.80. The Morgan fingerprint density at radius 1 is 1.33 bits per heavy atom. The van der Waals surface area contributed by atoms with Crippen molar-refractivity contribution in [3.05, 3.63) is 28.8 Å². The number of nitrogens with zero attached hydrogens (tertiary/aromatic N) is 1. The number of methoxy groups -OCH3 is 1. The summed E-state index contributed by atoms with van der Waals surface area (Å²) in [6, 6.07) is 2.71. The number of rotatable bonds is 7. The second-order valence-electron chi connectivity index (χ2n) is 4.93. The predicted molar refractivity (Wildman–Crippen MR) is 84.0 cm³/mol. The molecule has 134 valence electrons. The van der Waals surface area contributed by atoms with Gasteiger partial charge in [0.15, 0.2) is 0 Å². The predicted octanol–water partition coefficient (Wildman–Crippen LogP) is 2.86. The first-order valence-electron chi connectivity index (χ1n) is 7.07. The van der Waals surface area contributed by atoms with Crippen molar-refractivity contribution in [2.75, 3.05) is 31.7 Å². The van der Waals surface area contributed by atoms with Gasteiger partial charge < -0.3 is 15.0 Å². The molecule has 0 atom stereocenters. The number of amides is 2. The molecule has 0 aliphatic heterocycles. The normalized spacial score (nSPS) is 11.2. The van der Waals surface area contributed by atoms with E-state index in [0.29, 0.717) is 13.2 Å². The highest BCUT2D eigenvalue weighted by Crippen LogP contribution is 2.35. The summed E-state index contributed by atoms with van der Waals surface area (Å²) >= 11 is 5.92. The van der Waals surface area contributed by atoms with Crippen molar-refractivity contribution < 1.29 is 27.5 Å². The summed E-state index contributed by atoms with van der Waals surface area (Å²) in [6.07, 6.45) is -4.63. The third kappa shape index (κ3) is 6.01. The second kappa shape index (κ2) is 8.89. The SMILES string of the molecule is COCCNC(=O)CCN(C(C)=O)c1cc(C(F)(F)F)ccc1Cl. The fourth-order valence-electron chi connectivity index (χ4n) is 1.94. The molecule has 0 aliphatic rings. The van der Waals surface area contributed by atoms with E-state index in [0.717, 1.165) is 23.1 Å². The maximum atomic E-state index is 12.8. The third-order valence-corrected chi connectivity index (χ3v) is 3.45. The van der Waals surface area contributed by atoms with E-state index in [9.17, 15) is 22.8 Å². The van der Waals surface area contributed by atoms with E-state index in [1.54, 1.807) is 0 Å². The number of halogens is 4. The Morgan fingerprint density at radius 3 is 2.54 bits per heavy atom. The average Bonchev–Trinajstić information content (AvgIpc) is 2.48. The molecule has 0 unspecified atom stereocenters. The molecular formula is C15H18ClF3N2O3. The van der Waals surface area contributed by atoms with Gasteiger partial charge in [-0.15, -0.1) is 0 Å². The minimum Gasteiger partial charge on any atom is -0.383 e. The van der Waals surface area contributed by atoms with Gasteiger partial charge in [-0.05, 0) is 18.2 Å². The number of anilines is 1. The molecule has 1 aromatic rings. The molecule has 1 N–H and O–H groups in total. The van der Waals surface area contributed by atoms with E-state index in [1.165, 1.54) is 14.0 Å². The van der Waals surface area contributed by atoms with Crippen LogP contribution in [0.25, 0.3) is 0 Å². The van der Waals surface area contributed by atoms with Gasteiger partial charge >= 0.3 is 6.18 Å². The number of hydrogen-bond donors (Lipinski definition) is 1. The molecular weight excluding hydrogens is 349 g/mol. The maximum absolute atomic E-state index is 12.8. The first-order chi connectivity index (χ1) is 11.2. The first-order valence-corrected chi connectivity index (χ1v) is 7.45. The van der Waals surface area contributed by atoms with Gasteiger partial charge in [0.2, 0.25) is 11.8 Å². The van der Waals surface area contributed by atoms with Gasteiger partial charge in [-0.25, -0.2) is 0 Å². The van der Waals surface area contributed by atoms with Crippen LogP contribution in [0.2, 0.25) is 5.02 Å². The number of hydrogen-bond acceptors (Lipinski definition) is 3. The number of carbonyl (C=O) groups excluding carboxylic acids is 2. The second-order valence-corrected chi connectivity index (χ2v) is 5.33. The Kier molecular flexibility index (Phi) is 7.50. The lowest BCUT2D eigenvalue weighted by atomic mass is 10.1. The molecule has 24 heavy (non-hydrogen) atoms. The lowest BCUT2D eigenvalue weighted by molar-refractivity contribution is -0.137. The van der Waals surface area contributed by atoms with Crippen LogP contribution < -0.4 is 10.2 Å². The van der Waals surface area contributed by atoms with Gasteiger partial charge in [-0.2, -0.15) is 13.2 Å². The number of benzene rings is 1. The fourth-order valence-corrected chi connectivity index (χ4v) is 2.16. The minimum atomic E-state index is -4.56. The van der Waals surface area contributed by atoms with Crippen molar-refractivity contribution in [1.82, 2.24) is 5.32 Å². The molecule has 0 fully saturated rings. The van der Waals surface area contributed by atoms with E-state index in [1.807, 2.05) is 0 Å². The summed E-state index contributed by atoms with van der Waals surface area (Å²) in [6.45, 7) is 1.75. The minimum absolute atomic E-state index is 0.00186. The van der Waals surface area contributed by atoms with Gasteiger partial charge in [0.05, 0.1) is 22.9 Å². The zero-order valence-corrected chi connectivity index (χ0v) is 14.0. The van der Waals surface area contributed by atoms with Gasteiger partial charge in [0.25, 0.3) is 0 Å². The highest BCUT2D eigenvalue weighted by Gasteiger charge is 2.32. The number of carbonyl (C=O) groups is 2. The summed E-state index contributed by atoms with van der Waals surface area (Å²) in [5, 5.41) is 2.56. The Bertz CT molecular complexity index is 594. The quantitative estimate of drug-likeness (QED) is 0.755. The standard InChI is InChI=1S/C15H18ClF3N2O3/c1-10(22)21(7-5-14(23)20-6-8-24-2)13-9-11(15(17,18)19)3-4-12(13)16/h3-4,9H,5-8H2,1-2H3,(H,20,23). The van der Waals surface area contributed by atoms with Crippen LogP contribution in [0.5, 0.6) is 0 Å². The zero-order chi connectivity index (χ0) is 18.3.